The first-order valence-corrected chi connectivity index (χ1v) is 9.13. The molecular formula is C20H21N3O3S. The number of amides is 2. The molecule has 0 radical (unpaired) electrons. The van der Waals surface area contributed by atoms with Crippen LogP contribution in [0.4, 0.5) is 5.69 Å². The summed E-state index contributed by atoms with van der Waals surface area (Å²) >= 11 is 5.21. The average molecular weight is 383 g/mol. The molecular weight excluding hydrogens is 362 g/mol. The summed E-state index contributed by atoms with van der Waals surface area (Å²) in [5, 5.41) is 5.75. The number of carbonyl (C=O) groups excluding carboxylic acids is 2. The van der Waals surface area contributed by atoms with E-state index in [0.29, 0.717) is 22.6 Å². The maximum atomic E-state index is 12.5. The summed E-state index contributed by atoms with van der Waals surface area (Å²) in [5.41, 5.74) is 1.73. The fourth-order valence-electron chi connectivity index (χ4n) is 2.91. The van der Waals surface area contributed by atoms with Crippen LogP contribution >= 0.6 is 12.2 Å². The van der Waals surface area contributed by atoms with Gasteiger partial charge in [0.1, 0.15) is 5.75 Å². The third-order valence-corrected chi connectivity index (χ3v) is 4.54. The van der Waals surface area contributed by atoms with E-state index >= 15 is 0 Å². The fourth-order valence-corrected chi connectivity index (χ4v) is 3.12. The highest BCUT2D eigenvalue weighted by Gasteiger charge is 2.19. The minimum Gasteiger partial charge on any atom is -0.497 e. The Kier molecular flexibility index (Phi) is 6.03. The van der Waals surface area contributed by atoms with Crippen molar-refractivity contribution in [2.45, 2.75) is 12.8 Å². The van der Waals surface area contributed by atoms with E-state index < -0.39 is 0 Å². The largest absolute Gasteiger partial charge is 0.497 e. The van der Waals surface area contributed by atoms with Gasteiger partial charge in [0.15, 0.2) is 5.11 Å². The quantitative estimate of drug-likeness (QED) is 0.794. The van der Waals surface area contributed by atoms with Crippen LogP contribution in [-0.2, 0) is 0 Å². The van der Waals surface area contributed by atoms with Gasteiger partial charge in [0.2, 0.25) is 0 Å². The maximum Gasteiger partial charge on any atom is 0.257 e. The van der Waals surface area contributed by atoms with Gasteiger partial charge in [-0.1, -0.05) is 6.07 Å². The van der Waals surface area contributed by atoms with Crippen LogP contribution in [0.5, 0.6) is 5.75 Å². The molecule has 0 aromatic heterocycles. The zero-order chi connectivity index (χ0) is 19.2. The van der Waals surface area contributed by atoms with Crippen molar-refractivity contribution in [2.24, 2.45) is 0 Å². The summed E-state index contributed by atoms with van der Waals surface area (Å²) in [6.45, 7) is 1.60. The number of anilines is 1. The molecule has 0 aliphatic carbocycles. The summed E-state index contributed by atoms with van der Waals surface area (Å²) in [7, 11) is 1.57. The van der Waals surface area contributed by atoms with Crippen LogP contribution < -0.4 is 15.4 Å². The number of carbonyl (C=O) groups is 2. The van der Waals surface area contributed by atoms with Gasteiger partial charge in [0.05, 0.1) is 7.11 Å². The van der Waals surface area contributed by atoms with Gasteiger partial charge in [-0.15, -0.1) is 0 Å². The standard InChI is InChI=1S/C20H21N3O3S/c1-26-17-9-7-14(8-10-17)18(24)22-20(27)21-16-6-4-5-15(13-16)19(25)23-11-2-3-12-23/h4-10,13H,2-3,11-12H2,1H3,(H2,21,22,24,27). The molecule has 2 amide bonds. The van der Waals surface area contributed by atoms with Crippen molar-refractivity contribution in [1.82, 2.24) is 10.2 Å². The molecule has 0 bridgehead atoms. The minimum absolute atomic E-state index is 0.0179. The van der Waals surface area contributed by atoms with Crippen LogP contribution in [0, 0.1) is 0 Å². The molecule has 6 nitrogen and oxygen atoms in total. The van der Waals surface area contributed by atoms with Gasteiger partial charge in [-0.3, -0.25) is 14.9 Å². The number of nitrogens with one attached hydrogen (secondary N) is 2. The molecule has 7 heteroatoms. The Bertz CT molecular complexity index is 846. The molecule has 3 rings (SSSR count). The van der Waals surface area contributed by atoms with Crippen molar-refractivity contribution in [1.29, 1.82) is 0 Å². The lowest BCUT2D eigenvalue weighted by Crippen LogP contribution is -2.34. The fraction of sp³-hybridized carbons (Fsp3) is 0.250. The van der Waals surface area contributed by atoms with Crippen molar-refractivity contribution in [3.05, 3.63) is 59.7 Å². The van der Waals surface area contributed by atoms with Crippen LogP contribution in [0.25, 0.3) is 0 Å². The van der Waals surface area contributed by atoms with Gasteiger partial charge in [-0.05, 0) is 67.5 Å². The van der Waals surface area contributed by atoms with Crippen LogP contribution in [0.3, 0.4) is 0 Å². The Morgan fingerprint density at radius 2 is 1.74 bits per heavy atom. The number of nitrogens with zero attached hydrogens (tertiary/aromatic N) is 1. The van der Waals surface area contributed by atoms with Gasteiger partial charge < -0.3 is 15.0 Å². The molecule has 27 heavy (non-hydrogen) atoms. The van der Waals surface area contributed by atoms with Crippen LogP contribution in [0.15, 0.2) is 48.5 Å². The lowest BCUT2D eigenvalue weighted by molar-refractivity contribution is 0.0792. The van der Waals surface area contributed by atoms with Gasteiger partial charge >= 0.3 is 0 Å². The SMILES string of the molecule is COc1ccc(C(=O)NC(=S)Nc2cccc(C(=O)N3CCCC3)c2)cc1. The Labute approximate surface area is 163 Å². The lowest BCUT2D eigenvalue weighted by atomic mass is 10.2. The Morgan fingerprint density at radius 3 is 2.41 bits per heavy atom. The monoisotopic (exact) mass is 383 g/mol. The first kappa shape index (κ1) is 18.8. The zero-order valence-electron chi connectivity index (χ0n) is 15.0. The van der Waals surface area contributed by atoms with Crippen molar-refractivity contribution >= 4 is 34.8 Å². The molecule has 0 saturated carbocycles. The second-order valence-electron chi connectivity index (χ2n) is 6.22. The predicted molar refractivity (Wildman–Crippen MR) is 108 cm³/mol. The molecule has 2 aromatic rings. The Morgan fingerprint density at radius 1 is 1.04 bits per heavy atom. The predicted octanol–water partition coefficient (Wildman–Crippen LogP) is 3.06. The molecule has 0 atom stereocenters. The molecule has 140 valence electrons. The molecule has 0 unspecified atom stereocenters. The minimum atomic E-state index is -0.320. The van der Waals surface area contributed by atoms with E-state index in [1.807, 2.05) is 4.90 Å². The van der Waals surface area contributed by atoms with E-state index in [1.165, 1.54) is 0 Å². The highest BCUT2D eigenvalue weighted by Crippen LogP contribution is 2.16. The molecule has 1 saturated heterocycles. The van der Waals surface area contributed by atoms with Crippen LogP contribution in [-0.4, -0.2) is 42.0 Å². The van der Waals surface area contributed by atoms with Crippen molar-refractivity contribution in [2.75, 3.05) is 25.5 Å². The third-order valence-electron chi connectivity index (χ3n) is 4.34. The second kappa shape index (κ2) is 8.64. The van der Waals surface area contributed by atoms with E-state index in [9.17, 15) is 9.59 Å². The topological polar surface area (TPSA) is 70.7 Å². The second-order valence-corrected chi connectivity index (χ2v) is 6.63. The first-order valence-electron chi connectivity index (χ1n) is 8.72. The van der Waals surface area contributed by atoms with Gasteiger partial charge in [0, 0.05) is 29.9 Å². The van der Waals surface area contributed by atoms with Crippen molar-refractivity contribution in [3.63, 3.8) is 0 Å². The summed E-state index contributed by atoms with van der Waals surface area (Å²) in [6, 6.07) is 13.8. The van der Waals surface area contributed by atoms with E-state index in [4.69, 9.17) is 17.0 Å². The van der Waals surface area contributed by atoms with Gasteiger partial charge in [0.25, 0.3) is 11.8 Å². The van der Waals surface area contributed by atoms with Gasteiger partial charge in [-0.2, -0.15) is 0 Å². The molecule has 1 fully saturated rings. The normalized spacial score (nSPS) is 13.1. The average Bonchev–Trinajstić information content (AvgIpc) is 3.22. The number of benzene rings is 2. The van der Waals surface area contributed by atoms with Crippen LogP contribution in [0.1, 0.15) is 33.6 Å². The zero-order valence-corrected chi connectivity index (χ0v) is 15.8. The number of hydrogen-bond donors (Lipinski definition) is 2. The molecule has 0 spiro atoms. The first-order chi connectivity index (χ1) is 13.1. The number of rotatable bonds is 4. The number of methoxy groups -OCH3 is 1. The van der Waals surface area contributed by atoms with E-state index in [-0.39, 0.29) is 16.9 Å². The molecule has 2 aromatic carbocycles. The van der Waals surface area contributed by atoms with E-state index in [0.717, 1.165) is 25.9 Å². The number of thiocarbonyl (C=S) groups is 1. The smallest absolute Gasteiger partial charge is 0.257 e. The summed E-state index contributed by atoms with van der Waals surface area (Å²) in [5.74, 6) is 0.371. The number of likely N-dealkylation sites (tertiary alicyclic amines) is 1. The van der Waals surface area contributed by atoms with Crippen LogP contribution in [0.2, 0.25) is 0 Å². The molecule has 1 heterocycles. The highest BCUT2D eigenvalue weighted by atomic mass is 32.1. The molecule has 1 aliphatic heterocycles. The highest BCUT2D eigenvalue weighted by molar-refractivity contribution is 7.80. The summed E-state index contributed by atoms with van der Waals surface area (Å²) in [6.07, 6.45) is 2.09. The Hall–Kier alpha value is -2.93. The molecule has 1 aliphatic rings. The number of hydrogen-bond acceptors (Lipinski definition) is 4. The van der Waals surface area contributed by atoms with Crippen molar-refractivity contribution < 1.29 is 14.3 Å². The lowest BCUT2D eigenvalue weighted by Gasteiger charge is -2.16. The summed E-state index contributed by atoms with van der Waals surface area (Å²) in [4.78, 5) is 26.6. The van der Waals surface area contributed by atoms with Gasteiger partial charge in [-0.25, -0.2) is 0 Å². The Balaban J connectivity index is 1.60. The van der Waals surface area contributed by atoms with E-state index in [1.54, 1.807) is 55.6 Å². The van der Waals surface area contributed by atoms with E-state index in [2.05, 4.69) is 10.6 Å². The third kappa shape index (κ3) is 4.83. The van der Waals surface area contributed by atoms with Crippen molar-refractivity contribution in [3.8, 4) is 5.75 Å². The maximum absolute atomic E-state index is 12.5. The summed E-state index contributed by atoms with van der Waals surface area (Å²) < 4.78 is 5.08. The number of ether oxygens (including phenoxy) is 1. The molecule has 2 N–H and O–H groups in total.